The van der Waals surface area contributed by atoms with E-state index in [2.05, 4.69) is 21.3 Å². The SMILES string of the molecule is Fc1ccc(C[SH]2C=NN=C2CSc2nc3ccccc3s2)cc1. The van der Waals surface area contributed by atoms with Crippen molar-refractivity contribution in [2.75, 3.05) is 5.75 Å². The van der Waals surface area contributed by atoms with Crippen LogP contribution in [0.1, 0.15) is 5.56 Å². The monoisotopic (exact) mass is 375 g/mol. The van der Waals surface area contributed by atoms with Crippen LogP contribution in [0.5, 0.6) is 0 Å². The van der Waals surface area contributed by atoms with Crippen LogP contribution in [-0.2, 0) is 5.75 Å². The van der Waals surface area contributed by atoms with Crippen LogP contribution >= 0.6 is 34.0 Å². The van der Waals surface area contributed by atoms with E-state index in [1.807, 2.05) is 35.9 Å². The van der Waals surface area contributed by atoms with Crippen molar-refractivity contribution in [3.63, 3.8) is 0 Å². The molecule has 0 saturated heterocycles. The molecule has 0 bridgehead atoms. The number of rotatable bonds is 5. The summed E-state index contributed by atoms with van der Waals surface area (Å²) in [7, 11) is -0.523. The van der Waals surface area contributed by atoms with Gasteiger partial charge in [-0.15, -0.1) is 16.4 Å². The Bertz CT molecular complexity index is 885. The van der Waals surface area contributed by atoms with Gasteiger partial charge in [-0.2, -0.15) is 16.0 Å². The molecule has 1 unspecified atom stereocenters. The minimum absolute atomic E-state index is 0.202. The second-order valence-corrected chi connectivity index (χ2v) is 9.49. The first-order valence-corrected chi connectivity index (χ1v) is 10.8. The zero-order chi connectivity index (χ0) is 16.4. The Morgan fingerprint density at radius 2 is 1.92 bits per heavy atom. The molecule has 2 aromatic carbocycles. The van der Waals surface area contributed by atoms with Gasteiger partial charge in [0.25, 0.3) is 0 Å². The fraction of sp³-hybridized carbons (Fsp3) is 0.118. The first kappa shape index (κ1) is 15.8. The second kappa shape index (κ2) is 7.04. The molecular weight excluding hydrogens is 361 g/mol. The summed E-state index contributed by atoms with van der Waals surface area (Å²) in [4.78, 5) is 4.64. The number of hydrogen-bond acceptors (Lipinski definition) is 5. The Labute approximate surface area is 150 Å². The molecule has 0 amide bonds. The molecule has 7 heteroatoms. The van der Waals surface area contributed by atoms with E-state index in [-0.39, 0.29) is 5.82 Å². The fourth-order valence-electron chi connectivity index (χ4n) is 2.35. The number of aromatic nitrogens is 1. The number of benzene rings is 2. The number of thiazole rings is 1. The van der Waals surface area contributed by atoms with Crippen LogP contribution in [0.15, 0.2) is 63.1 Å². The van der Waals surface area contributed by atoms with E-state index < -0.39 is 10.9 Å². The zero-order valence-electron chi connectivity index (χ0n) is 12.6. The van der Waals surface area contributed by atoms with E-state index in [0.29, 0.717) is 0 Å². The molecule has 1 aliphatic heterocycles. The lowest BCUT2D eigenvalue weighted by Gasteiger charge is -2.14. The van der Waals surface area contributed by atoms with E-state index in [4.69, 9.17) is 0 Å². The van der Waals surface area contributed by atoms with Crippen LogP contribution in [-0.4, -0.2) is 21.3 Å². The maximum atomic E-state index is 13.0. The lowest BCUT2D eigenvalue weighted by atomic mass is 10.2. The van der Waals surface area contributed by atoms with Crippen LogP contribution in [0.25, 0.3) is 10.2 Å². The molecule has 4 rings (SSSR count). The lowest BCUT2D eigenvalue weighted by molar-refractivity contribution is 0.627. The Morgan fingerprint density at radius 1 is 1.08 bits per heavy atom. The highest BCUT2D eigenvalue weighted by Gasteiger charge is 2.16. The van der Waals surface area contributed by atoms with Gasteiger partial charge < -0.3 is 0 Å². The van der Waals surface area contributed by atoms with Crippen LogP contribution in [0.2, 0.25) is 0 Å². The van der Waals surface area contributed by atoms with E-state index in [1.54, 1.807) is 23.1 Å². The predicted molar refractivity (Wildman–Crippen MR) is 105 cm³/mol. The Morgan fingerprint density at radius 3 is 2.75 bits per heavy atom. The van der Waals surface area contributed by atoms with Crippen molar-refractivity contribution in [2.45, 2.75) is 10.1 Å². The molecule has 0 aliphatic carbocycles. The molecule has 122 valence electrons. The Balaban J connectivity index is 1.41. The summed E-state index contributed by atoms with van der Waals surface area (Å²) in [5.41, 5.74) is 4.10. The molecule has 24 heavy (non-hydrogen) atoms. The summed E-state index contributed by atoms with van der Waals surface area (Å²) in [6, 6.07) is 14.8. The van der Waals surface area contributed by atoms with Gasteiger partial charge in [0.05, 0.1) is 20.8 Å². The van der Waals surface area contributed by atoms with Gasteiger partial charge in [0, 0.05) is 11.5 Å². The average Bonchev–Trinajstić information content (AvgIpc) is 3.21. The Kier molecular flexibility index (Phi) is 4.64. The number of halogens is 1. The van der Waals surface area contributed by atoms with E-state index in [9.17, 15) is 4.39 Å². The summed E-state index contributed by atoms with van der Waals surface area (Å²) < 4.78 is 15.3. The molecule has 1 aromatic heterocycles. The van der Waals surface area contributed by atoms with Gasteiger partial charge in [-0.25, -0.2) is 9.37 Å². The largest absolute Gasteiger partial charge is 0.230 e. The van der Waals surface area contributed by atoms with Gasteiger partial charge in [0.15, 0.2) is 4.34 Å². The van der Waals surface area contributed by atoms with Crippen molar-refractivity contribution in [2.24, 2.45) is 10.2 Å². The van der Waals surface area contributed by atoms with E-state index in [0.717, 1.165) is 32.0 Å². The van der Waals surface area contributed by atoms with E-state index >= 15 is 0 Å². The van der Waals surface area contributed by atoms with Crippen LogP contribution in [0, 0.1) is 5.82 Å². The van der Waals surface area contributed by atoms with Gasteiger partial charge >= 0.3 is 0 Å². The fourth-order valence-corrected chi connectivity index (χ4v) is 6.40. The maximum Gasteiger partial charge on any atom is 0.151 e. The third-order valence-corrected chi connectivity index (χ3v) is 7.96. The van der Waals surface area contributed by atoms with Gasteiger partial charge in [0.1, 0.15) is 5.82 Å². The highest BCUT2D eigenvalue weighted by Crippen LogP contribution is 2.37. The minimum Gasteiger partial charge on any atom is -0.230 e. The number of fused-ring (bicyclic) bond motifs is 1. The topological polar surface area (TPSA) is 37.6 Å². The summed E-state index contributed by atoms with van der Waals surface area (Å²) in [6.07, 6.45) is 0. The van der Waals surface area contributed by atoms with E-state index in [1.165, 1.54) is 16.8 Å². The maximum absolute atomic E-state index is 13.0. The Hall–Kier alpha value is -1.70. The summed E-state index contributed by atoms with van der Waals surface area (Å²) in [5.74, 6) is 1.46. The molecule has 0 N–H and O–H groups in total. The lowest BCUT2D eigenvalue weighted by Crippen LogP contribution is -2.03. The van der Waals surface area contributed by atoms with Crippen molar-refractivity contribution in [3.8, 4) is 0 Å². The second-order valence-electron chi connectivity index (χ2n) is 5.24. The van der Waals surface area contributed by atoms with Gasteiger partial charge in [0.2, 0.25) is 0 Å². The van der Waals surface area contributed by atoms with Crippen molar-refractivity contribution in [3.05, 3.63) is 59.9 Å². The molecule has 0 saturated carbocycles. The van der Waals surface area contributed by atoms with Crippen LogP contribution in [0.4, 0.5) is 4.39 Å². The standard InChI is InChI=1S/C17H14FN3S3/c18-13-7-5-12(6-8-13)10-24-11-19-21-16(24)9-22-17-20-14-3-1-2-4-15(14)23-17/h1-8,11,24H,9-10H2. The summed E-state index contributed by atoms with van der Waals surface area (Å²) >= 11 is 3.42. The molecule has 0 spiro atoms. The number of thiol groups is 1. The number of thioether (sulfide) groups is 1. The van der Waals surface area contributed by atoms with Crippen molar-refractivity contribution in [1.29, 1.82) is 0 Å². The van der Waals surface area contributed by atoms with Crippen molar-refractivity contribution in [1.82, 2.24) is 4.98 Å². The molecule has 1 aliphatic rings. The number of hydrogen-bond donors (Lipinski definition) is 1. The molecular formula is C17H14FN3S3. The molecule has 1 atom stereocenters. The third kappa shape index (κ3) is 3.53. The van der Waals surface area contributed by atoms with Crippen molar-refractivity contribution >= 4 is 54.8 Å². The van der Waals surface area contributed by atoms with Gasteiger partial charge in [-0.3, -0.25) is 0 Å². The first-order chi connectivity index (χ1) is 11.8. The summed E-state index contributed by atoms with van der Waals surface area (Å²) in [6.45, 7) is 0. The molecule has 0 radical (unpaired) electrons. The highest BCUT2D eigenvalue weighted by molar-refractivity contribution is 8.40. The normalized spacial score (nSPS) is 18.2. The van der Waals surface area contributed by atoms with Gasteiger partial charge in [-0.05, 0) is 29.8 Å². The van der Waals surface area contributed by atoms with Crippen molar-refractivity contribution < 1.29 is 4.39 Å². The van der Waals surface area contributed by atoms with Gasteiger partial charge in [-0.1, -0.05) is 36.0 Å². The smallest absolute Gasteiger partial charge is 0.151 e. The first-order valence-electron chi connectivity index (χ1n) is 7.37. The molecule has 3 aromatic rings. The average molecular weight is 376 g/mol. The molecule has 0 fully saturated rings. The minimum atomic E-state index is -0.523. The number of para-hydroxylation sites is 1. The molecule has 3 nitrogen and oxygen atoms in total. The summed E-state index contributed by atoms with van der Waals surface area (Å²) in [5, 5.41) is 9.51. The molecule has 2 heterocycles. The predicted octanol–water partition coefficient (Wildman–Crippen LogP) is 5.08. The number of nitrogens with zero attached hydrogens (tertiary/aromatic N) is 3. The quantitative estimate of drug-likeness (QED) is 0.498. The van der Waals surface area contributed by atoms with Crippen LogP contribution in [0.3, 0.4) is 0 Å². The van der Waals surface area contributed by atoms with Crippen LogP contribution < -0.4 is 0 Å². The third-order valence-electron chi connectivity index (χ3n) is 3.56. The zero-order valence-corrected chi connectivity index (χ0v) is 15.1. The highest BCUT2D eigenvalue weighted by atomic mass is 32.2.